The van der Waals surface area contributed by atoms with Crippen molar-refractivity contribution in [3.05, 3.63) is 100 Å². The number of rotatable bonds is 19. The highest BCUT2D eigenvalue weighted by Gasteiger charge is 2.64. The molecule has 2 saturated heterocycles. The van der Waals surface area contributed by atoms with Gasteiger partial charge in [0.25, 0.3) is 23.0 Å². The fraction of sp³-hybridized carbons (Fsp3) is 0.531. The molecule has 5 aliphatic rings. The Balaban J connectivity index is 0.927. The van der Waals surface area contributed by atoms with Crippen molar-refractivity contribution < 1.29 is 86.2 Å². The van der Waals surface area contributed by atoms with Crippen LogP contribution in [0.4, 0.5) is 30.6 Å². The van der Waals surface area contributed by atoms with Gasteiger partial charge in [0.2, 0.25) is 11.8 Å². The van der Waals surface area contributed by atoms with E-state index >= 15 is 0 Å². The Morgan fingerprint density at radius 1 is 0.967 bits per heavy atom. The summed E-state index contributed by atoms with van der Waals surface area (Å²) < 4.78 is 40.7. The monoisotopic (exact) mass is 1320 g/mol. The lowest BCUT2D eigenvalue weighted by molar-refractivity contribution is -0.162. The number of allylic oxidation sites excluding steroid dienone is 4. The topological polar surface area (TPSA) is 311 Å². The summed E-state index contributed by atoms with van der Waals surface area (Å²) >= 11 is 7.69. The second-order valence-corrected chi connectivity index (χ2v) is 25.0. The number of carbonyl (C=O) groups is 10. The van der Waals surface area contributed by atoms with E-state index in [4.69, 9.17) is 44.8 Å². The maximum absolute atomic E-state index is 14.4. The van der Waals surface area contributed by atoms with Gasteiger partial charge in [0.1, 0.15) is 53.4 Å². The van der Waals surface area contributed by atoms with Gasteiger partial charge in [-0.15, -0.1) is 0 Å². The molecule has 26 nitrogen and oxygen atoms in total. The number of epoxide rings is 1. The molecule has 9 atom stereocenters. The van der Waals surface area contributed by atoms with E-state index in [2.05, 4.69) is 16.0 Å². The van der Waals surface area contributed by atoms with Crippen LogP contribution in [0.3, 0.4) is 0 Å². The molecule has 4 N–H and O–H groups in total. The number of hydrogen-bond acceptors (Lipinski definition) is 19. The largest absolute Gasteiger partial charge is 0.495 e. The van der Waals surface area contributed by atoms with Crippen LogP contribution in [-0.4, -0.2) is 206 Å². The van der Waals surface area contributed by atoms with E-state index in [1.54, 1.807) is 44.2 Å². The van der Waals surface area contributed by atoms with Gasteiger partial charge in [-0.05, 0) is 94.3 Å². The Hall–Kier alpha value is -7.98. The van der Waals surface area contributed by atoms with E-state index < -0.39 is 119 Å². The summed E-state index contributed by atoms with van der Waals surface area (Å²) in [5, 5.41) is 19.5. The van der Waals surface area contributed by atoms with Crippen LogP contribution in [0.15, 0.2) is 78.4 Å². The Morgan fingerprint density at radius 2 is 1.70 bits per heavy atom. The number of methoxy groups -OCH3 is 2. The summed E-state index contributed by atoms with van der Waals surface area (Å²) in [6.07, 6.45) is 8.48. The number of fused-ring (bicyclic) bond motifs is 5. The average molecular weight is 1320 g/mol. The molecule has 2 aromatic carbocycles. The van der Waals surface area contributed by atoms with Gasteiger partial charge >= 0.3 is 24.2 Å². The molecule has 4 heterocycles. The minimum Gasteiger partial charge on any atom is -0.495 e. The third-order valence-electron chi connectivity index (χ3n) is 16.9. The van der Waals surface area contributed by atoms with Crippen molar-refractivity contribution in [2.45, 2.75) is 140 Å². The summed E-state index contributed by atoms with van der Waals surface area (Å²) in [6, 6.07) is 6.76. The Kier molecular flexibility index (Phi) is 24.9. The maximum Gasteiger partial charge on any atom is 0.412 e. The number of carbonyl (C=O) groups excluding carboxylic acids is 10. The van der Waals surface area contributed by atoms with Gasteiger partial charge in [0.05, 0.1) is 36.6 Å². The molecule has 9 amide bonds. The Labute approximate surface area is 544 Å². The van der Waals surface area contributed by atoms with Gasteiger partial charge in [0, 0.05) is 98.1 Å². The number of thioether (sulfide) groups is 1. The number of imide groups is 1. The summed E-state index contributed by atoms with van der Waals surface area (Å²) in [5.74, 6) is -3.86. The number of esters is 1. The summed E-state index contributed by atoms with van der Waals surface area (Å²) in [5.41, 5.74) is -0.831. The zero-order chi connectivity index (χ0) is 67.2. The highest BCUT2D eigenvalue weighted by atomic mass is 35.5. The summed E-state index contributed by atoms with van der Waals surface area (Å²) in [6.45, 7) is 6.38. The third kappa shape index (κ3) is 18.4. The summed E-state index contributed by atoms with van der Waals surface area (Å²) in [4.78, 5) is 139. The van der Waals surface area contributed by atoms with Gasteiger partial charge < -0.3 is 63.2 Å². The van der Waals surface area contributed by atoms with Gasteiger partial charge in [-0.25, -0.2) is 19.2 Å². The fourth-order valence-corrected chi connectivity index (χ4v) is 12.1. The van der Waals surface area contributed by atoms with Crippen LogP contribution in [-0.2, 0) is 65.4 Å². The van der Waals surface area contributed by atoms with E-state index in [1.807, 2.05) is 25.2 Å². The van der Waals surface area contributed by atoms with E-state index in [-0.39, 0.29) is 67.7 Å². The van der Waals surface area contributed by atoms with Crippen LogP contribution in [0.2, 0.25) is 5.02 Å². The first-order valence-electron chi connectivity index (χ1n) is 30.4. The molecule has 92 heavy (non-hydrogen) atoms. The predicted octanol–water partition coefficient (Wildman–Crippen LogP) is 7.05. The first-order chi connectivity index (χ1) is 43.7. The molecule has 0 radical (unpaired) electrons. The van der Waals surface area contributed by atoms with E-state index in [0.29, 0.717) is 29.8 Å². The number of nitrogens with one attached hydrogen (secondary N) is 3. The van der Waals surface area contributed by atoms with Crippen LogP contribution in [0.5, 0.6) is 5.75 Å². The number of nitrogens with zero attached hydrogens (tertiary/aromatic N) is 5. The van der Waals surface area contributed by atoms with Crippen LogP contribution in [0, 0.1) is 5.92 Å². The third-order valence-corrected chi connectivity index (χ3v) is 18.2. The van der Waals surface area contributed by atoms with Crippen molar-refractivity contribution in [2.24, 2.45) is 5.92 Å². The van der Waals surface area contributed by atoms with Gasteiger partial charge in [-0.2, -0.15) is 0 Å². The quantitative estimate of drug-likeness (QED) is 0.0360. The molecular weight excluding hydrogens is 1240 g/mol. The average Bonchev–Trinajstić information content (AvgIpc) is 1.56. The minimum absolute atomic E-state index is 0.00373. The molecule has 0 aromatic heterocycles. The molecular formula is C64H83ClN8O18S. The van der Waals surface area contributed by atoms with Crippen molar-refractivity contribution in [2.75, 3.05) is 84.6 Å². The molecule has 0 spiro atoms. The Morgan fingerprint density at radius 3 is 2.41 bits per heavy atom. The second kappa shape index (κ2) is 32.0. The second-order valence-electron chi connectivity index (χ2n) is 23.6. The number of halogens is 1. The van der Waals surface area contributed by atoms with Crippen LogP contribution >= 0.6 is 23.4 Å². The SMILES string of the molecule is COc1cc2cc(c1Cl)N(C)C(=O)C[C@H](OC(=O)[C@H](C)N(C)C(=O)CCSC(=O)N(C)CCN(C)C(=O)OCc1ccc(NC(=O)OC3/C=C/CCCCC3)c(C(=O)NCCN3C(=O)C=CC3=O)c1)C1(C)O[C@H]1[C@H](C)[C@@H]1C[C@@](O)(NC(=O)O1)[C@H](OC)/C=C/C=C(\C)C2. The normalized spacial score (nSPS) is 25.6. The number of aliphatic hydroxyl groups is 1. The lowest BCUT2D eigenvalue weighted by Gasteiger charge is -2.42. The number of benzene rings is 2. The van der Waals surface area contributed by atoms with Gasteiger partial charge in [-0.3, -0.25) is 44.3 Å². The minimum atomic E-state index is -1.91. The predicted molar refractivity (Wildman–Crippen MR) is 340 cm³/mol. The van der Waals surface area contributed by atoms with Crippen molar-refractivity contribution in [1.29, 1.82) is 0 Å². The van der Waals surface area contributed by atoms with Gasteiger partial charge in [-0.1, -0.05) is 72.7 Å². The molecule has 500 valence electrons. The highest BCUT2D eigenvalue weighted by Crippen LogP contribution is 2.49. The van der Waals surface area contributed by atoms with Crippen LogP contribution < -0.4 is 25.6 Å². The smallest absolute Gasteiger partial charge is 0.412 e. The fourth-order valence-electron chi connectivity index (χ4n) is 11.0. The molecule has 28 heteroatoms. The van der Waals surface area contributed by atoms with Crippen LogP contribution in [0.25, 0.3) is 0 Å². The molecule has 2 unspecified atom stereocenters. The van der Waals surface area contributed by atoms with Crippen LogP contribution in [0.1, 0.15) is 101 Å². The van der Waals surface area contributed by atoms with Crippen molar-refractivity contribution in [3.8, 4) is 5.75 Å². The maximum atomic E-state index is 14.4. The lowest BCUT2D eigenvalue weighted by atomic mass is 9.83. The zero-order valence-electron chi connectivity index (χ0n) is 53.5. The van der Waals surface area contributed by atoms with E-state index in [0.717, 1.165) is 65.6 Å². The number of hydrogen-bond donors (Lipinski definition) is 4. The summed E-state index contributed by atoms with van der Waals surface area (Å²) in [7, 11) is 8.78. The number of ether oxygens (including phenoxy) is 7. The molecule has 4 aliphatic heterocycles. The molecule has 0 saturated carbocycles. The number of alkyl carbamates (subject to hydrolysis) is 1. The van der Waals surface area contributed by atoms with Crippen molar-refractivity contribution in [1.82, 2.24) is 30.2 Å². The molecule has 7 rings (SSSR count). The molecule has 1 aliphatic carbocycles. The first-order valence-corrected chi connectivity index (χ1v) is 31.7. The number of likely N-dealkylation sites (N-methyl/N-ethyl adjacent to an activating group) is 3. The van der Waals surface area contributed by atoms with Crippen molar-refractivity contribution >= 4 is 93.8 Å². The number of anilines is 2. The molecule has 4 bridgehead atoms. The van der Waals surface area contributed by atoms with Gasteiger partial charge in [0.15, 0.2) is 5.72 Å². The number of amides is 9. The Bertz CT molecular complexity index is 3230. The van der Waals surface area contributed by atoms with E-state index in [1.165, 1.54) is 81.1 Å². The highest BCUT2D eigenvalue weighted by molar-refractivity contribution is 8.13. The first kappa shape index (κ1) is 71.5. The standard InChI is InChI=1S/C64H83ClN8O18S/c1-38-17-16-20-49(86-10)64(84)36-48(89-60(81)68-64)39(2)56-63(4,91-56)50(35-54(77)72(8)46-33-42(31-38)34-47(85-9)55(46)65)90-58(79)40(3)71(7)51(74)25-30-92-62(83)70(6)29-28-69(5)61(82)87-37-41-21-22-45(67-59(80)88-43-18-14-12-11-13-15-19-43)44(32-41)57(78)66-26-27-73-52(75)23-24-53(73)76/h14,16-18,20-24,32-34,39-40,43,48-50,56,84H,11-13,15,19,25-31,35-37H2,1-10H3,(H,66,78)(H,67,80)(H,68,81)/b18-14+,20-16+,38-17+/t39-,40+,43?,48+,49-,50+,56+,63?,64+/m1/s1. The van der Waals surface area contributed by atoms with E-state index in [9.17, 15) is 53.1 Å². The molecule has 2 fully saturated rings. The lowest BCUT2D eigenvalue weighted by Crippen LogP contribution is -2.63. The zero-order valence-corrected chi connectivity index (χ0v) is 55.1. The molecule has 2 aromatic rings. The van der Waals surface area contributed by atoms with Crippen molar-refractivity contribution in [3.63, 3.8) is 0 Å².